The van der Waals surface area contributed by atoms with Crippen LogP contribution in [0.15, 0.2) is 23.6 Å². The van der Waals surface area contributed by atoms with E-state index < -0.39 is 12.0 Å². The van der Waals surface area contributed by atoms with E-state index in [0.29, 0.717) is 41.5 Å². The second-order valence-electron chi connectivity index (χ2n) is 7.19. The van der Waals surface area contributed by atoms with Crippen LogP contribution in [0.2, 0.25) is 10.0 Å². The second kappa shape index (κ2) is 10.5. The maximum atomic E-state index is 12.6. The predicted molar refractivity (Wildman–Crippen MR) is 123 cm³/mol. The number of nitrogens with two attached hydrogens (primary N) is 1. The van der Waals surface area contributed by atoms with Crippen LogP contribution in [-0.2, 0) is 19.1 Å². The molecule has 1 aliphatic heterocycles. The van der Waals surface area contributed by atoms with E-state index in [4.69, 9.17) is 28.9 Å². The van der Waals surface area contributed by atoms with E-state index in [9.17, 15) is 14.4 Å². The molecule has 2 amide bonds. The molecule has 166 valence electrons. The normalized spacial score (nSPS) is 15.9. The van der Waals surface area contributed by atoms with Crippen LogP contribution in [0.25, 0.3) is 16.2 Å². The molecule has 1 aromatic heterocycles. The van der Waals surface area contributed by atoms with E-state index in [0.717, 1.165) is 10.1 Å². The molecular weight excluding hydrogens is 461 g/mol. The number of likely N-dealkylation sites (tertiary alicyclic amines) is 1. The Hall–Kier alpha value is -2.13. The predicted octanol–water partition coefficient (Wildman–Crippen LogP) is 3.08. The summed E-state index contributed by atoms with van der Waals surface area (Å²) in [6.45, 7) is 0.833. The molecule has 0 spiro atoms. The van der Waals surface area contributed by atoms with E-state index in [-0.39, 0.29) is 24.3 Å². The summed E-state index contributed by atoms with van der Waals surface area (Å²) in [4.78, 5) is 38.3. The van der Waals surface area contributed by atoms with Gasteiger partial charge >= 0.3 is 5.97 Å². The Balaban J connectivity index is 1.57. The van der Waals surface area contributed by atoms with Gasteiger partial charge in [0, 0.05) is 31.6 Å². The molecule has 1 saturated heterocycles. The van der Waals surface area contributed by atoms with Crippen molar-refractivity contribution >= 4 is 68.5 Å². The van der Waals surface area contributed by atoms with Crippen LogP contribution in [0, 0.1) is 5.92 Å². The molecule has 2 aromatic rings. The number of nitrogens with one attached hydrogen (secondary N) is 1. The Kier molecular flexibility index (Phi) is 7.94. The minimum Gasteiger partial charge on any atom is -0.467 e. The Bertz CT molecular complexity index is 1020. The van der Waals surface area contributed by atoms with Gasteiger partial charge in [0.1, 0.15) is 6.04 Å². The number of hydrogen-bond donors (Lipinski definition) is 2. The molecule has 1 fully saturated rings. The van der Waals surface area contributed by atoms with Crippen molar-refractivity contribution in [3.63, 3.8) is 0 Å². The average molecular weight is 484 g/mol. The number of fused-ring (bicyclic) bond motifs is 1. The van der Waals surface area contributed by atoms with E-state index in [1.165, 1.54) is 24.5 Å². The van der Waals surface area contributed by atoms with Crippen molar-refractivity contribution in [2.45, 2.75) is 18.9 Å². The molecule has 0 radical (unpaired) electrons. The monoisotopic (exact) mass is 483 g/mol. The number of nitrogens with zero attached hydrogens (tertiary/aromatic N) is 1. The number of ether oxygens (including phenoxy) is 1. The third-order valence-corrected chi connectivity index (χ3v) is 7.21. The van der Waals surface area contributed by atoms with E-state index in [1.807, 2.05) is 17.5 Å². The summed E-state index contributed by atoms with van der Waals surface area (Å²) < 4.78 is 5.54. The Morgan fingerprint density at radius 2 is 2.03 bits per heavy atom. The lowest BCUT2D eigenvalue weighted by Gasteiger charge is -2.31. The molecule has 1 aliphatic rings. The second-order valence-corrected chi connectivity index (χ2v) is 8.86. The molecule has 31 heavy (non-hydrogen) atoms. The number of amides is 2. The van der Waals surface area contributed by atoms with Gasteiger partial charge in [-0.25, -0.2) is 4.79 Å². The maximum Gasteiger partial charge on any atom is 0.329 e. The SMILES string of the molecule is COC(=O)C(CN)NC(=O)C1CCN(C(=O)C=Cc2cc3ccsc3c(Cl)c2Cl)CC1. The number of esters is 1. The van der Waals surface area contributed by atoms with Crippen molar-refractivity contribution in [1.29, 1.82) is 0 Å². The molecule has 3 N–H and O–H groups in total. The summed E-state index contributed by atoms with van der Waals surface area (Å²) >= 11 is 14.2. The molecular formula is C21H23Cl2N3O4S. The summed E-state index contributed by atoms with van der Waals surface area (Å²) in [5, 5.41) is 6.43. The highest BCUT2D eigenvalue weighted by atomic mass is 35.5. The highest BCUT2D eigenvalue weighted by Crippen LogP contribution is 2.37. The zero-order valence-corrected chi connectivity index (χ0v) is 19.2. The molecule has 0 saturated carbocycles. The lowest BCUT2D eigenvalue weighted by atomic mass is 9.95. The summed E-state index contributed by atoms with van der Waals surface area (Å²) in [5.41, 5.74) is 6.20. The van der Waals surface area contributed by atoms with Gasteiger partial charge in [-0.15, -0.1) is 11.3 Å². The smallest absolute Gasteiger partial charge is 0.329 e. The topological polar surface area (TPSA) is 102 Å². The zero-order valence-electron chi connectivity index (χ0n) is 16.9. The molecule has 7 nitrogen and oxygen atoms in total. The van der Waals surface area contributed by atoms with E-state index in [1.54, 1.807) is 11.0 Å². The lowest BCUT2D eigenvalue weighted by molar-refractivity contribution is -0.145. The molecule has 1 unspecified atom stereocenters. The molecule has 0 aliphatic carbocycles. The summed E-state index contributed by atoms with van der Waals surface area (Å²) in [6.07, 6.45) is 4.13. The van der Waals surface area contributed by atoms with Crippen LogP contribution >= 0.6 is 34.5 Å². The van der Waals surface area contributed by atoms with Crippen LogP contribution in [0.5, 0.6) is 0 Å². The number of carbonyl (C=O) groups is 3. The van der Waals surface area contributed by atoms with E-state index >= 15 is 0 Å². The molecule has 3 rings (SSSR count). The largest absolute Gasteiger partial charge is 0.467 e. The molecule has 10 heteroatoms. The fourth-order valence-corrected chi connectivity index (χ4v) is 4.90. The average Bonchev–Trinajstić information content (AvgIpc) is 3.26. The van der Waals surface area contributed by atoms with Crippen molar-refractivity contribution < 1.29 is 19.1 Å². The minimum atomic E-state index is -0.864. The van der Waals surface area contributed by atoms with Crippen LogP contribution in [0.1, 0.15) is 18.4 Å². The first-order chi connectivity index (χ1) is 14.8. The number of carbonyl (C=O) groups excluding carboxylic acids is 3. The number of thiophene rings is 1. The summed E-state index contributed by atoms with van der Waals surface area (Å²) in [5.74, 6) is -1.28. The number of rotatable bonds is 6. The van der Waals surface area contributed by atoms with Crippen LogP contribution in [0.4, 0.5) is 0 Å². The van der Waals surface area contributed by atoms with Crippen LogP contribution < -0.4 is 11.1 Å². The van der Waals surface area contributed by atoms with Gasteiger partial charge in [-0.3, -0.25) is 9.59 Å². The van der Waals surface area contributed by atoms with Gasteiger partial charge in [-0.2, -0.15) is 0 Å². The fourth-order valence-electron chi connectivity index (χ4n) is 3.46. The van der Waals surface area contributed by atoms with Crippen molar-refractivity contribution in [2.24, 2.45) is 11.7 Å². The third-order valence-electron chi connectivity index (χ3n) is 5.27. The van der Waals surface area contributed by atoms with Gasteiger partial charge in [0.25, 0.3) is 0 Å². The summed E-state index contributed by atoms with van der Waals surface area (Å²) in [7, 11) is 1.24. The molecule has 2 heterocycles. The Labute approximate surface area is 194 Å². The zero-order chi connectivity index (χ0) is 22.5. The van der Waals surface area contributed by atoms with Gasteiger partial charge in [-0.05, 0) is 47.4 Å². The van der Waals surface area contributed by atoms with Gasteiger partial charge < -0.3 is 20.7 Å². The first-order valence-corrected chi connectivity index (χ1v) is 11.4. The minimum absolute atomic E-state index is 0.0374. The fraction of sp³-hybridized carbons (Fsp3) is 0.381. The number of halogens is 2. The third kappa shape index (κ3) is 5.38. The van der Waals surface area contributed by atoms with Gasteiger partial charge in [0.2, 0.25) is 11.8 Å². The lowest BCUT2D eigenvalue weighted by Crippen LogP contribution is -2.50. The number of hydrogen-bond acceptors (Lipinski definition) is 6. The van der Waals surface area contributed by atoms with E-state index in [2.05, 4.69) is 10.1 Å². The molecule has 1 atom stereocenters. The van der Waals surface area contributed by atoms with Crippen molar-refractivity contribution in [2.75, 3.05) is 26.7 Å². The summed E-state index contributed by atoms with van der Waals surface area (Å²) in [6, 6.07) is 2.99. The number of methoxy groups -OCH3 is 1. The molecule has 1 aromatic carbocycles. The Morgan fingerprint density at radius 3 is 2.68 bits per heavy atom. The van der Waals surface area contributed by atoms with Gasteiger partial charge in [-0.1, -0.05) is 23.2 Å². The maximum absolute atomic E-state index is 12.6. The van der Waals surface area contributed by atoms with Gasteiger partial charge in [0.05, 0.1) is 21.9 Å². The highest BCUT2D eigenvalue weighted by Gasteiger charge is 2.29. The van der Waals surface area contributed by atoms with Gasteiger partial charge in [0.15, 0.2) is 0 Å². The Morgan fingerprint density at radius 1 is 1.32 bits per heavy atom. The van der Waals surface area contributed by atoms with Crippen molar-refractivity contribution in [3.05, 3.63) is 39.2 Å². The highest BCUT2D eigenvalue weighted by molar-refractivity contribution is 7.18. The van der Waals surface area contributed by atoms with Crippen LogP contribution in [-0.4, -0.2) is 55.5 Å². The van der Waals surface area contributed by atoms with Crippen LogP contribution in [0.3, 0.4) is 0 Å². The van der Waals surface area contributed by atoms with Crippen molar-refractivity contribution in [1.82, 2.24) is 10.2 Å². The number of piperidine rings is 1. The standard InChI is InChI=1S/C21H23Cl2N3O4S/c1-30-21(29)15(11-24)25-20(28)12-4-7-26(8-5-12)16(27)3-2-13-10-14-6-9-31-19(14)18(23)17(13)22/h2-3,6,9-10,12,15H,4-5,7-8,11,24H2,1H3,(H,25,28). The molecule has 0 bridgehead atoms. The van der Waals surface area contributed by atoms with Crippen molar-refractivity contribution in [3.8, 4) is 0 Å². The first-order valence-electron chi connectivity index (χ1n) is 9.76. The quantitative estimate of drug-likeness (QED) is 0.485. The first kappa shape index (κ1) is 23.5. The number of benzene rings is 1.